The lowest BCUT2D eigenvalue weighted by Crippen LogP contribution is -2.33. The lowest BCUT2D eigenvalue weighted by molar-refractivity contribution is -0.118. The van der Waals surface area contributed by atoms with Crippen molar-refractivity contribution in [2.24, 2.45) is 5.73 Å². The van der Waals surface area contributed by atoms with E-state index in [0.717, 1.165) is 18.6 Å². The van der Waals surface area contributed by atoms with E-state index in [-0.39, 0.29) is 11.9 Å². The quantitative estimate of drug-likeness (QED) is 0.830. The van der Waals surface area contributed by atoms with Gasteiger partial charge in [0.2, 0.25) is 5.91 Å². The van der Waals surface area contributed by atoms with Gasteiger partial charge in [0.25, 0.3) is 0 Å². The summed E-state index contributed by atoms with van der Waals surface area (Å²) < 4.78 is 5.26. The molecule has 2 rings (SSSR count). The van der Waals surface area contributed by atoms with Crippen molar-refractivity contribution in [3.8, 4) is 5.75 Å². The van der Waals surface area contributed by atoms with Gasteiger partial charge in [0.05, 0.1) is 7.11 Å². The summed E-state index contributed by atoms with van der Waals surface area (Å²) in [7, 11) is 1.68. The number of nitrogens with one attached hydrogen (secondary N) is 1. The van der Waals surface area contributed by atoms with E-state index in [4.69, 9.17) is 10.5 Å². The first kappa shape index (κ1) is 12.9. The Morgan fingerprint density at radius 1 is 1.61 bits per heavy atom. The highest BCUT2D eigenvalue weighted by atomic mass is 16.5. The summed E-state index contributed by atoms with van der Waals surface area (Å²) in [6.45, 7) is 1.99. The number of primary amides is 1. The standard InChI is InChI=1S/C14H20N2O2/c1-9(7-14(15)17)16-13-6-4-10-3-5-11(18-2)8-12(10)13/h3,5,8-9,13,16H,4,6-7H2,1-2H3,(H2,15,17). The van der Waals surface area contributed by atoms with Crippen molar-refractivity contribution in [3.63, 3.8) is 0 Å². The summed E-state index contributed by atoms with van der Waals surface area (Å²) >= 11 is 0. The zero-order valence-electron chi connectivity index (χ0n) is 10.9. The Hall–Kier alpha value is -1.55. The number of carbonyl (C=O) groups is 1. The molecule has 4 nitrogen and oxygen atoms in total. The van der Waals surface area contributed by atoms with E-state index in [1.807, 2.05) is 13.0 Å². The summed E-state index contributed by atoms with van der Waals surface area (Å²) in [5, 5.41) is 3.46. The van der Waals surface area contributed by atoms with Crippen molar-refractivity contribution in [3.05, 3.63) is 29.3 Å². The van der Waals surface area contributed by atoms with Gasteiger partial charge in [-0.3, -0.25) is 4.79 Å². The maximum absolute atomic E-state index is 10.9. The van der Waals surface area contributed by atoms with Crippen molar-refractivity contribution in [2.75, 3.05) is 7.11 Å². The van der Waals surface area contributed by atoms with E-state index in [9.17, 15) is 4.79 Å². The third-order valence-corrected chi connectivity index (χ3v) is 3.42. The smallest absolute Gasteiger partial charge is 0.218 e. The average molecular weight is 248 g/mol. The maximum Gasteiger partial charge on any atom is 0.218 e. The zero-order chi connectivity index (χ0) is 13.1. The first-order valence-corrected chi connectivity index (χ1v) is 6.31. The van der Waals surface area contributed by atoms with E-state index in [1.165, 1.54) is 11.1 Å². The molecule has 18 heavy (non-hydrogen) atoms. The minimum Gasteiger partial charge on any atom is -0.497 e. The molecule has 0 aromatic heterocycles. The molecule has 0 heterocycles. The summed E-state index contributed by atoms with van der Waals surface area (Å²) in [5.41, 5.74) is 7.85. The van der Waals surface area contributed by atoms with Crippen LogP contribution in [0, 0.1) is 0 Å². The second-order valence-electron chi connectivity index (χ2n) is 4.89. The molecule has 0 bridgehead atoms. The van der Waals surface area contributed by atoms with E-state index in [1.54, 1.807) is 7.11 Å². The van der Waals surface area contributed by atoms with Crippen molar-refractivity contribution in [2.45, 2.75) is 38.3 Å². The lowest BCUT2D eigenvalue weighted by Gasteiger charge is -2.19. The van der Waals surface area contributed by atoms with Crippen molar-refractivity contribution in [1.82, 2.24) is 5.32 Å². The summed E-state index contributed by atoms with van der Waals surface area (Å²) in [6, 6.07) is 6.59. The topological polar surface area (TPSA) is 64.3 Å². The van der Waals surface area contributed by atoms with Gasteiger partial charge in [-0.15, -0.1) is 0 Å². The van der Waals surface area contributed by atoms with Crippen molar-refractivity contribution in [1.29, 1.82) is 0 Å². The number of hydrogen-bond donors (Lipinski definition) is 2. The molecule has 0 spiro atoms. The second kappa shape index (κ2) is 5.40. The summed E-state index contributed by atoms with van der Waals surface area (Å²) in [5.74, 6) is 0.615. The molecule has 0 radical (unpaired) electrons. The molecule has 4 heteroatoms. The van der Waals surface area contributed by atoms with Crippen LogP contribution in [0.2, 0.25) is 0 Å². The molecule has 0 saturated carbocycles. The van der Waals surface area contributed by atoms with Crippen LogP contribution in [0.3, 0.4) is 0 Å². The fourth-order valence-electron chi connectivity index (χ4n) is 2.58. The number of rotatable bonds is 5. The zero-order valence-corrected chi connectivity index (χ0v) is 10.9. The van der Waals surface area contributed by atoms with Gasteiger partial charge in [0, 0.05) is 18.5 Å². The average Bonchev–Trinajstić information content (AvgIpc) is 2.70. The van der Waals surface area contributed by atoms with Gasteiger partial charge in [0.15, 0.2) is 0 Å². The van der Waals surface area contributed by atoms with Crippen LogP contribution in [0.1, 0.15) is 36.9 Å². The van der Waals surface area contributed by atoms with Crippen LogP contribution in [0.25, 0.3) is 0 Å². The van der Waals surface area contributed by atoms with E-state index in [0.29, 0.717) is 12.5 Å². The Morgan fingerprint density at radius 3 is 3.06 bits per heavy atom. The van der Waals surface area contributed by atoms with Crippen LogP contribution in [-0.2, 0) is 11.2 Å². The number of amides is 1. The highest BCUT2D eigenvalue weighted by molar-refractivity contribution is 5.74. The van der Waals surface area contributed by atoms with Crippen LogP contribution in [-0.4, -0.2) is 19.1 Å². The number of hydrogen-bond acceptors (Lipinski definition) is 3. The summed E-state index contributed by atoms with van der Waals surface area (Å²) in [6.07, 6.45) is 2.50. The first-order chi connectivity index (χ1) is 8.60. The second-order valence-corrected chi connectivity index (χ2v) is 4.89. The van der Waals surface area contributed by atoms with Gasteiger partial charge in [-0.1, -0.05) is 6.07 Å². The van der Waals surface area contributed by atoms with Crippen LogP contribution in [0.15, 0.2) is 18.2 Å². The minimum absolute atomic E-state index is 0.102. The monoisotopic (exact) mass is 248 g/mol. The Bertz CT molecular complexity index is 445. The maximum atomic E-state index is 10.9. The molecule has 1 aromatic carbocycles. The van der Waals surface area contributed by atoms with Crippen LogP contribution < -0.4 is 15.8 Å². The van der Waals surface area contributed by atoms with Crippen molar-refractivity contribution >= 4 is 5.91 Å². The number of methoxy groups -OCH3 is 1. The molecule has 0 saturated heterocycles. The van der Waals surface area contributed by atoms with Gasteiger partial charge < -0.3 is 15.8 Å². The minimum atomic E-state index is -0.265. The molecule has 1 aromatic rings. The Labute approximate surface area is 108 Å². The number of aryl methyl sites for hydroxylation is 1. The van der Waals surface area contributed by atoms with E-state index >= 15 is 0 Å². The van der Waals surface area contributed by atoms with Gasteiger partial charge in [0.1, 0.15) is 5.75 Å². The van der Waals surface area contributed by atoms with Gasteiger partial charge >= 0.3 is 0 Å². The number of fused-ring (bicyclic) bond motifs is 1. The highest BCUT2D eigenvalue weighted by Crippen LogP contribution is 2.34. The molecule has 3 N–H and O–H groups in total. The third-order valence-electron chi connectivity index (χ3n) is 3.42. The molecule has 1 aliphatic carbocycles. The number of carbonyl (C=O) groups excluding carboxylic acids is 1. The Kier molecular flexibility index (Phi) is 3.87. The highest BCUT2D eigenvalue weighted by Gasteiger charge is 2.24. The molecule has 0 aliphatic heterocycles. The predicted octanol–water partition coefficient (Wildman–Crippen LogP) is 1.54. The fourth-order valence-corrected chi connectivity index (χ4v) is 2.58. The molecule has 2 unspecified atom stereocenters. The molecule has 1 amide bonds. The van der Waals surface area contributed by atoms with Crippen LogP contribution in [0.5, 0.6) is 5.75 Å². The predicted molar refractivity (Wildman–Crippen MR) is 70.5 cm³/mol. The Morgan fingerprint density at radius 2 is 2.39 bits per heavy atom. The molecular weight excluding hydrogens is 228 g/mol. The molecule has 2 atom stereocenters. The first-order valence-electron chi connectivity index (χ1n) is 6.31. The number of nitrogens with two attached hydrogens (primary N) is 1. The third kappa shape index (κ3) is 2.82. The van der Waals surface area contributed by atoms with Gasteiger partial charge in [-0.25, -0.2) is 0 Å². The van der Waals surface area contributed by atoms with Gasteiger partial charge in [-0.2, -0.15) is 0 Å². The number of ether oxygens (including phenoxy) is 1. The largest absolute Gasteiger partial charge is 0.497 e. The molecule has 98 valence electrons. The fraction of sp³-hybridized carbons (Fsp3) is 0.500. The SMILES string of the molecule is COc1ccc2c(c1)C(NC(C)CC(N)=O)CC2. The normalized spacial score (nSPS) is 19.3. The van der Waals surface area contributed by atoms with Gasteiger partial charge in [-0.05, 0) is 43.0 Å². The molecule has 1 aliphatic rings. The van der Waals surface area contributed by atoms with Crippen LogP contribution >= 0.6 is 0 Å². The van der Waals surface area contributed by atoms with E-state index in [2.05, 4.69) is 17.4 Å². The Balaban J connectivity index is 2.08. The number of benzene rings is 1. The molecular formula is C14H20N2O2. The summed E-state index contributed by atoms with van der Waals surface area (Å²) in [4.78, 5) is 10.9. The van der Waals surface area contributed by atoms with Crippen LogP contribution in [0.4, 0.5) is 0 Å². The van der Waals surface area contributed by atoms with Crippen molar-refractivity contribution < 1.29 is 9.53 Å². The lowest BCUT2D eigenvalue weighted by atomic mass is 10.1. The van der Waals surface area contributed by atoms with E-state index < -0.39 is 0 Å². The molecule has 0 fully saturated rings.